The molecule has 0 aliphatic heterocycles. The van der Waals surface area contributed by atoms with Crippen LogP contribution in [0.2, 0.25) is 5.02 Å². The van der Waals surface area contributed by atoms with Gasteiger partial charge in [-0.3, -0.25) is 0 Å². The largest absolute Gasteiger partial charge is 0.457 e. The van der Waals surface area contributed by atoms with Gasteiger partial charge in [0.2, 0.25) is 0 Å². The number of methoxy groups -OCH3 is 1. The smallest absolute Gasteiger partial charge is 0.128 e. The lowest BCUT2D eigenvalue weighted by atomic mass is 10.2. The minimum absolute atomic E-state index is 0.682. The first-order valence-corrected chi connectivity index (χ1v) is 7.77. The summed E-state index contributed by atoms with van der Waals surface area (Å²) in [7, 11) is 1.68. The second-order valence-electron chi connectivity index (χ2n) is 4.48. The van der Waals surface area contributed by atoms with Gasteiger partial charge in [-0.15, -0.1) is 0 Å². The monoisotopic (exact) mass is 369 g/mol. The number of halogens is 2. The van der Waals surface area contributed by atoms with Gasteiger partial charge in [0.1, 0.15) is 11.5 Å². The van der Waals surface area contributed by atoms with Gasteiger partial charge in [0.15, 0.2) is 0 Å². The summed E-state index contributed by atoms with van der Waals surface area (Å²) in [6.07, 6.45) is 0. The van der Waals surface area contributed by atoms with Gasteiger partial charge in [0.05, 0.1) is 6.61 Å². The molecule has 0 fully saturated rings. The van der Waals surface area contributed by atoms with Gasteiger partial charge < -0.3 is 14.8 Å². The molecule has 0 amide bonds. The van der Waals surface area contributed by atoms with Gasteiger partial charge in [-0.2, -0.15) is 0 Å². The number of rotatable bonds is 7. The minimum atomic E-state index is 0.682. The molecule has 0 radical (unpaired) electrons. The predicted octanol–water partition coefficient (Wildman–Crippen LogP) is 4.63. The maximum absolute atomic E-state index is 6.28. The molecule has 0 atom stereocenters. The number of hydrogen-bond acceptors (Lipinski definition) is 3. The van der Waals surface area contributed by atoms with E-state index in [-0.39, 0.29) is 0 Å². The van der Waals surface area contributed by atoms with E-state index in [1.54, 1.807) is 7.11 Å². The summed E-state index contributed by atoms with van der Waals surface area (Å²) in [5.74, 6) is 1.49. The fraction of sp³-hybridized carbons (Fsp3) is 0.250. The summed E-state index contributed by atoms with van der Waals surface area (Å²) >= 11 is 9.70. The number of benzene rings is 2. The van der Waals surface area contributed by atoms with E-state index < -0.39 is 0 Å². The average Bonchev–Trinajstić information content (AvgIpc) is 2.45. The molecule has 0 unspecified atom stereocenters. The average molecular weight is 371 g/mol. The third-order valence-corrected chi connectivity index (χ3v) is 3.70. The van der Waals surface area contributed by atoms with Crippen LogP contribution >= 0.6 is 27.5 Å². The highest BCUT2D eigenvalue weighted by molar-refractivity contribution is 9.10. The molecule has 1 N–H and O–H groups in total. The van der Waals surface area contributed by atoms with Crippen molar-refractivity contribution in [3.8, 4) is 11.5 Å². The van der Waals surface area contributed by atoms with E-state index >= 15 is 0 Å². The van der Waals surface area contributed by atoms with Crippen molar-refractivity contribution in [1.29, 1.82) is 0 Å². The number of ether oxygens (including phenoxy) is 2. The lowest BCUT2D eigenvalue weighted by molar-refractivity contribution is 0.199. The van der Waals surface area contributed by atoms with Crippen LogP contribution in [-0.4, -0.2) is 20.3 Å². The van der Waals surface area contributed by atoms with Gasteiger partial charge in [-0.25, -0.2) is 0 Å². The SMILES string of the molecule is COCCNCc1ccc(Oc2cccc(Br)c2)cc1Cl. The highest BCUT2D eigenvalue weighted by Crippen LogP contribution is 2.28. The third kappa shape index (κ3) is 5.32. The Hall–Kier alpha value is -1.07. The summed E-state index contributed by atoms with van der Waals surface area (Å²) < 4.78 is 11.7. The van der Waals surface area contributed by atoms with Crippen LogP contribution in [0.1, 0.15) is 5.56 Å². The zero-order chi connectivity index (χ0) is 15.1. The lowest BCUT2D eigenvalue weighted by Gasteiger charge is -2.10. The molecule has 0 bridgehead atoms. The Bertz CT molecular complexity index is 592. The predicted molar refractivity (Wildman–Crippen MR) is 89.3 cm³/mol. The van der Waals surface area contributed by atoms with Crippen LogP contribution in [0.5, 0.6) is 11.5 Å². The van der Waals surface area contributed by atoms with E-state index in [2.05, 4.69) is 21.2 Å². The second kappa shape index (κ2) is 8.39. The van der Waals surface area contributed by atoms with Crippen LogP contribution < -0.4 is 10.1 Å². The van der Waals surface area contributed by atoms with Crippen LogP contribution in [0.3, 0.4) is 0 Å². The van der Waals surface area contributed by atoms with Gasteiger partial charge in [-0.1, -0.05) is 39.7 Å². The Morgan fingerprint density at radius 2 is 1.95 bits per heavy atom. The highest BCUT2D eigenvalue weighted by Gasteiger charge is 2.04. The molecule has 2 aromatic rings. The van der Waals surface area contributed by atoms with E-state index in [1.807, 2.05) is 42.5 Å². The molecule has 2 aromatic carbocycles. The van der Waals surface area contributed by atoms with Crippen molar-refractivity contribution < 1.29 is 9.47 Å². The van der Waals surface area contributed by atoms with Crippen LogP contribution in [0.25, 0.3) is 0 Å². The summed E-state index contributed by atoms with van der Waals surface area (Å²) in [6.45, 7) is 2.18. The van der Waals surface area contributed by atoms with Crippen LogP contribution in [0.15, 0.2) is 46.9 Å². The highest BCUT2D eigenvalue weighted by atomic mass is 79.9. The molecule has 0 saturated carbocycles. The van der Waals surface area contributed by atoms with Crippen molar-refractivity contribution in [3.05, 3.63) is 57.5 Å². The molecule has 112 valence electrons. The lowest BCUT2D eigenvalue weighted by Crippen LogP contribution is -2.18. The molecule has 5 heteroatoms. The topological polar surface area (TPSA) is 30.5 Å². The van der Waals surface area contributed by atoms with Gasteiger partial charge in [-0.05, 0) is 35.9 Å². The van der Waals surface area contributed by atoms with Crippen molar-refractivity contribution in [2.45, 2.75) is 6.54 Å². The molecule has 0 saturated heterocycles. The van der Waals surface area contributed by atoms with Crippen LogP contribution in [0, 0.1) is 0 Å². The number of nitrogens with one attached hydrogen (secondary N) is 1. The Morgan fingerprint density at radius 3 is 2.67 bits per heavy atom. The molecular formula is C16H17BrClNO2. The Kier molecular flexibility index (Phi) is 6.51. The Balaban J connectivity index is 1.98. The number of hydrogen-bond donors (Lipinski definition) is 1. The molecule has 0 spiro atoms. The summed E-state index contributed by atoms with van der Waals surface area (Å²) in [5.41, 5.74) is 1.04. The molecule has 0 heterocycles. The van der Waals surface area contributed by atoms with E-state index in [1.165, 1.54) is 0 Å². The van der Waals surface area contributed by atoms with E-state index in [0.29, 0.717) is 18.2 Å². The second-order valence-corrected chi connectivity index (χ2v) is 5.81. The fourth-order valence-corrected chi connectivity index (χ4v) is 2.41. The summed E-state index contributed by atoms with van der Waals surface area (Å²) in [4.78, 5) is 0. The fourth-order valence-electron chi connectivity index (χ4n) is 1.80. The van der Waals surface area contributed by atoms with E-state index in [4.69, 9.17) is 21.1 Å². The standard InChI is InChI=1S/C16H17BrClNO2/c1-20-8-7-19-11-12-5-6-15(10-16(12)18)21-14-4-2-3-13(17)9-14/h2-6,9-10,19H,7-8,11H2,1H3. The molecule has 0 aromatic heterocycles. The summed E-state index contributed by atoms with van der Waals surface area (Å²) in [5, 5.41) is 3.95. The van der Waals surface area contributed by atoms with Crippen molar-refractivity contribution in [1.82, 2.24) is 5.32 Å². The molecule has 21 heavy (non-hydrogen) atoms. The van der Waals surface area contributed by atoms with Gasteiger partial charge in [0, 0.05) is 29.7 Å². The molecule has 0 aliphatic rings. The van der Waals surface area contributed by atoms with Crippen molar-refractivity contribution in [2.75, 3.05) is 20.3 Å². The maximum atomic E-state index is 6.28. The minimum Gasteiger partial charge on any atom is -0.457 e. The van der Waals surface area contributed by atoms with Crippen molar-refractivity contribution in [3.63, 3.8) is 0 Å². The molecular weight excluding hydrogens is 354 g/mol. The van der Waals surface area contributed by atoms with Gasteiger partial charge >= 0.3 is 0 Å². The molecule has 3 nitrogen and oxygen atoms in total. The van der Waals surface area contributed by atoms with Crippen LogP contribution in [0.4, 0.5) is 0 Å². The normalized spacial score (nSPS) is 10.6. The van der Waals surface area contributed by atoms with E-state index in [0.717, 1.165) is 28.1 Å². The first-order valence-electron chi connectivity index (χ1n) is 6.60. The van der Waals surface area contributed by atoms with Crippen molar-refractivity contribution >= 4 is 27.5 Å². The van der Waals surface area contributed by atoms with Crippen molar-refractivity contribution in [2.24, 2.45) is 0 Å². The Labute approximate surface area is 138 Å². The zero-order valence-electron chi connectivity index (χ0n) is 11.7. The molecule has 2 rings (SSSR count). The first kappa shape index (κ1) is 16.3. The van der Waals surface area contributed by atoms with Gasteiger partial charge in [0.25, 0.3) is 0 Å². The van der Waals surface area contributed by atoms with Crippen LogP contribution in [-0.2, 0) is 11.3 Å². The van der Waals surface area contributed by atoms with E-state index in [9.17, 15) is 0 Å². The summed E-state index contributed by atoms with van der Waals surface area (Å²) in [6, 6.07) is 13.4. The Morgan fingerprint density at radius 1 is 1.14 bits per heavy atom. The first-order chi connectivity index (χ1) is 10.2. The molecule has 0 aliphatic carbocycles. The quantitative estimate of drug-likeness (QED) is 0.721. The zero-order valence-corrected chi connectivity index (χ0v) is 14.1. The maximum Gasteiger partial charge on any atom is 0.128 e. The third-order valence-electron chi connectivity index (χ3n) is 2.85.